The third-order valence-electron chi connectivity index (χ3n) is 2.87. The van der Waals surface area contributed by atoms with Gasteiger partial charge in [-0.1, -0.05) is 23.7 Å². The van der Waals surface area contributed by atoms with Crippen LogP contribution in [0.2, 0.25) is 5.02 Å². The van der Waals surface area contributed by atoms with Gasteiger partial charge in [-0.05, 0) is 29.8 Å². The molecule has 0 saturated heterocycles. The van der Waals surface area contributed by atoms with Crippen LogP contribution >= 0.6 is 24.0 Å². The van der Waals surface area contributed by atoms with Gasteiger partial charge in [0.1, 0.15) is 17.3 Å². The van der Waals surface area contributed by atoms with Crippen molar-refractivity contribution in [2.24, 2.45) is 5.73 Å². The van der Waals surface area contributed by atoms with Crippen LogP contribution in [0.5, 0.6) is 11.5 Å². The fourth-order valence-electron chi connectivity index (χ4n) is 1.88. The lowest BCUT2D eigenvalue weighted by Gasteiger charge is -2.16. The number of benzene rings is 2. The van der Waals surface area contributed by atoms with Crippen molar-refractivity contribution in [1.82, 2.24) is 0 Å². The molecule has 0 aromatic heterocycles. The second kappa shape index (κ2) is 7.25. The van der Waals surface area contributed by atoms with E-state index in [2.05, 4.69) is 4.74 Å². The maximum absolute atomic E-state index is 13.3. The zero-order chi connectivity index (χ0) is 16.5. The van der Waals surface area contributed by atoms with Gasteiger partial charge in [-0.15, -0.1) is 25.6 Å². The summed E-state index contributed by atoms with van der Waals surface area (Å²) >= 11 is 5.66. The van der Waals surface area contributed by atoms with E-state index in [0.717, 1.165) is 24.3 Å². The number of ether oxygens (including phenoxy) is 1. The van der Waals surface area contributed by atoms with Crippen molar-refractivity contribution in [2.75, 3.05) is 0 Å². The molecule has 0 spiro atoms. The number of alkyl halides is 3. The average Bonchev–Trinajstić information content (AvgIpc) is 2.41. The normalized spacial score (nSPS) is 12.4. The second-order valence-corrected chi connectivity index (χ2v) is 4.83. The summed E-state index contributed by atoms with van der Waals surface area (Å²) < 4.78 is 53.3. The van der Waals surface area contributed by atoms with Crippen molar-refractivity contribution < 1.29 is 27.4 Å². The van der Waals surface area contributed by atoms with Gasteiger partial charge in [-0.2, -0.15) is 0 Å². The molecule has 0 fully saturated rings. The Morgan fingerprint density at radius 2 is 1.70 bits per heavy atom. The molecule has 0 bridgehead atoms. The predicted molar refractivity (Wildman–Crippen MR) is 79.5 cm³/mol. The minimum Gasteiger partial charge on any atom is -0.506 e. The van der Waals surface area contributed by atoms with Gasteiger partial charge in [0.25, 0.3) is 0 Å². The van der Waals surface area contributed by atoms with Crippen molar-refractivity contribution in [1.29, 1.82) is 0 Å². The lowest BCUT2D eigenvalue weighted by molar-refractivity contribution is -0.274. The van der Waals surface area contributed by atoms with E-state index in [-0.39, 0.29) is 28.7 Å². The summed E-state index contributed by atoms with van der Waals surface area (Å²) in [6.07, 6.45) is -4.79. The van der Waals surface area contributed by atoms with Gasteiger partial charge in [0.2, 0.25) is 0 Å². The van der Waals surface area contributed by atoms with E-state index in [1.807, 2.05) is 0 Å². The summed E-state index contributed by atoms with van der Waals surface area (Å²) in [6, 6.07) is 5.67. The molecular weight excluding hydrogens is 361 g/mol. The summed E-state index contributed by atoms with van der Waals surface area (Å²) in [6.45, 7) is 0. The maximum atomic E-state index is 13.3. The van der Waals surface area contributed by atoms with Crippen LogP contribution in [0.4, 0.5) is 17.6 Å². The number of hydrogen-bond acceptors (Lipinski definition) is 3. The molecule has 3 N–H and O–H groups in total. The lowest BCUT2D eigenvalue weighted by atomic mass is 9.98. The van der Waals surface area contributed by atoms with Crippen LogP contribution in [-0.4, -0.2) is 11.5 Å². The lowest BCUT2D eigenvalue weighted by Crippen LogP contribution is -2.17. The molecule has 3 nitrogen and oxygen atoms in total. The first kappa shape index (κ1) is 19.3. The van der Waals surface area contributed by atoms with Gasteiger partial charge >= 0.3 is 6.36 Å². The Labute approximate surface area is 140 Å². The minimum atomic E-state index is -4.79. The summed E-state index contributed by atoms with van der Waals surface area (Å²) in [5.41, 5.74) is 6.26. The molecule has 23 heavy (non-hydrogen) atoms. The molecule has 0 heterocycles. The number of aromatic hydroxyl groups is 1. The van der Waals surface area contributed by atoms with Crippen molar-refractivity contribution in [3.8, 4) is 11.5 Å². The second-order valence-electron chi connectivity index (χ2n) is 4.42. The van der Waals surface area contributed by atoms with E-state index < -0.39 is 24.0 Å². The highest BCUT2D eigenvalue weighted by molar-refractivity contribution is 6.32. The highest BCUT2D eigenvalue weighted by Crippen LogP contribution is 2.35. The van der Waals surface area contributed by atoms with Crippen molar-refractivity contribution in [2.45, 2.75) is 12.4 Å². The number of phenolic OH excluding ortho intramolecular Hbond substituents is 1. The van der Waals surface area contributed by atoms with Gasteiger partial charge in [-0.3, -0.25) is 0 Å². The molecule has 0 aliphatic rings. The minimum absolute atomic E-state index is 0. The Balaban J connectivity index is 0.00000264. The first-order chi connectivity index (χ1) is 10.2. The Kier molecular flexibility index (Phi) is 6.10. The Hall–Kier alpha value is -1.70. The molecule has 0 aliphatic carbocycles. The molecule has 1 atom stereocenters. The summed E-state index contributed by atoms with van der Waals surface area (Å²) in [5.74, 6) is -1.48. The van der Waals surface area contributed by atoms with E-state index in [4.69, 9.17) is 17.3 Å². The average molecular weight is 372 g/mol. The molecule has 2 rings (SSSR count). The maximum Gasteiger partial charge on any atom is 0.573 e. The van der Waals surface area contributed by atoms with Gasteiger partial charge < -0.3 is 15.6 Å². The van der Waals surface area contributed by atoms with E-state index >= 15 is 0 Å². The molecule has 0 saturated carbocycles. The number of nitrogens with two attached hydrogens (primary N) is 1. The van der Waals surface area contributed by atoms with Crippen molar-refractivity contribution in [3.63, 3.8) is 0 Å². The van der Waals surface area contributed by atoms with E-state index in [1.54, 1.807) is 0 Å². The first-order valence-corrected chi connectivity index (χ1v) is 6.34. The highest BCUT2D eigenvalue weighted by Gasteiger charge is 2.31. The van der Waals surface area contributed by atoms with Crippen LogP contribution in [0.1, 0.15) is 17.2 Å². The number of phenols is 1. The Bertz CT molecular complexity index is 678. The van der Waals surface area contributed by atoms with Crippen LogP contribution in [0.25, 0.3) is 0 Å². The molecule has 0 amide bonds. The third kappa shape index (κ3) is 4.89. The molecule has 2 aromatic rings. The summed E-state index contributed by atoms with van der Waals surface area (Å²) in [4.78, 5) is 0. The van der Waals surface area contributed by atoms with E-state index in [9.17, 15) is 22.7 Å². The van der Waals surface area contributed by atoms with Crippen LogP contribution in [-0.2, 0) is 0 Å². The molecule has 0 aliphatic heterocycles. The third-order valence-corrected chi connectivity index (χ3v) is 3.15. The Morgan fingerprint density at radius 1 is 1.13 bits per heavy atom. The molecular formula is C14H11Cl2F4NO2. The van der Waals surface area contributed by atoms with Crippen LogP contribution in [0, 0.1) is 5.82 Å². The van der Waals surface area contributed by atoms with Gasteiger partial charge in [-0.25, -0.2) is 4.39 Å². The summed E-state index contributed by atoms with van der Waals surface area (Å²) in [7, 11) is 0. The molecule has 0 unspecified atom stereocenters. The largest absolute Gasteiger partial charge is 0.573 e. The standard InChI is InChI=1S/C14H10ClF4NO2.ClH/c15-11-6-8(16)5-10(13(11)21)12(20)7-1-3-9(4-2-7)22-14(17,18)19;/h1-6,12,21H,20H2;1H/t12-;/m1./s1. The molecule has 9 heteroatoms. The number of halogens is 6. The smallest absolute Gasteiger partial charge is 0.506 e. The Morgan fingerprint density at radius 3 is 2.22 bits per heavy atom. The topological polar surface area (TPSA) is 55.5 Å². The zero-order valence-corrected chi connectivity index (χ0v) is 12.8. The number of hydrogen-bond donors (Lipinski definition) is 2. The SMILES string of the molecule is Cl.N[C@H](c1ccc(OC(F)(F)F)cc1)c1cc(F)cc(Cl)c1O. The van der Waals surface area contributed by atoms with Crippen molar-refractivity contribution in [3.05, 3.63) is 58.4 Å². The van der Waals surface area contributed by atoms with Crippen LogP contribution < -0.4 is 10.5 Å². The fraction of sp³-hybridized carbons (Fsp3) is 0.143. The van der Waals surface area contributed by atoms with E-state index in [1.165, 1.54) is 12.1 Å². The quantitative estimate of drug-likeness (QED) is 0.778. The zero-order valence-electron chi connectivity index (χ0n) is 11.3. The number of rotatable bonds is 3. The highest BCUT2D eigenvalue weighted by atomic mass is 35.5. The van der Waals surface area contributed by atoms with Crippen LogP contribution in [0.15, 0.2) is 36.4 Å². The monoisotopic (exact) mass is 371 g/mol. The van der Waals surface area contributed by atoms with Crippen molar-refractivity contribution >= 4 is 24.0 Å². The predicted octanol–water partition coefficient (Wildman–Crippen LogP) is 4.55. The van der Waals surface area contributed by atoms with Gasteiger partial charge in [0.15, 0.2) is 0 Å². The fourth-order valence-corrected chi connectivity index (χ4v) is 2.09. The molecule has 2 aromatic carbocycles. The van der Waals surface area contributed by atoms with Crippen LogP contribution in [0.3, 0.4) is 0 Å². The molecule has 126 valence electrons. The summed E-state index contributed by atoms with van der Waals surface area (Å²) in [5, 5.41) is 9.60. The van der Waals surface area contributed by atoms with E-state index in [0.29, 0.717) is 5.56 Å². The molecule has 0 radical (unpaired) electrons. The van der Waals surface area contributed by atoms with Gasteiger partial charge in [0.05, 0.1) is 11.1 Å². The first-order valence-electron chi connectivity index (χ1n) is 5.96. The van der Waals surface area contributed by atoms with Gasteiger partial charge in [0, 0.05) is 5.56 Å².